The molecule has 0 aliphatic carbocycles. The van der Waals surface area contributed by atoms with E-state index in [0.29, 0.717) is 23.2 Å². The fraction of sp³-hybridized carbons (Fsp3) is 0.235. The van der Waals surface area contributed by atoms with E-state index in [-0.39, 0.29) is 0 Å². The third kappa shape index (κ3) is 3.07. The molecule has 0 saturated carbocycles. The second-order valence-corrected chi connectivity index (χ2v) is 6.63. The molecule has 3 rings (SSSR count). The zero-order valence-electron chi connectivity index (χ0n) is 13.2. The Morgan fingerprint density at radius 1 is 1.26 bits per heavy atom. The third-order valence-corrected chi connectivity index (χ3v) is 4.77. The first-order valence-corrected chi connectivity index (χ1v) is 8.76. The topological polar surface area (TPSA) is 70.1 Å². The minimum Gasteiger partial charge on any atom is -0.411 e. The largest absolute Gasteiger partial charge is 0.411 e. The number of aryl methyl sites for hydroxylation is 1. The molecule has 2 N–H and O–H groups in total. The van der Waals surface area contributed by atoms with Crippen LogP contribution in [-0.4, -0.2) is 20.5 Å². The first-order valence-electron chi connectivity index (χ1n) is 7.44. The van der Waals surface area contributed by atoms with Crippen molar-refractivity contribution in [1.82, 2.24) is 9.71 Å². The molecule has 3 aromatic rings. The van der Waals surface area contributed by atoms with Gasteiger partial charge in [-0.2, -0.15) is 4.73 Å². The number of rotatable bonds is 5. The summed E-state index contributed by atoms with van der Waals surface area (Å²) in [5.74, 6) is 0.309. The van der Waals surface area contributed by atoms with Gasteiger partial charge in [0.15, 0.2) is 0 Å². The van der Waals surface area contributed by atoms with Gasteiger partial charge in [-0.15, -0.1) is 0 Å². The molecular weight excluding hydrogens is 310 g/mol. The fourth-order valence-electron chi connectivity index (χ4n) is 2.44. The van der Waals surface area contributed by atoms with Gasteiger partial charge in [0.1, 0.15) is 12.1 Å². The van der Waals surface area contributed by atoms with Crippen LogP contribution in [0.3, 0.4) is 0 Å². The molecule has 0 amide bonds. The number of nitrogen functional groups attached to an aromatic ring is 1. The van der Waals surface area contributed by atoms with Gasteiger partial charge >= 0.3 is 0 Å². The number of benzene rings is 2. The summed E-state index contributed by atoms with van der Waals surface area (Å²) < 4.78 is 14.4. The van der Waals surface area contributed by atoms with Gasteiger partial charge in [-0.05, 0) is 37.6 Å². The first kappa shape index (κ1) is 15.6. The van der Waals surface area contributed by atoms with Gasteiger partial charge in [0.25, 0.3) is 0 Å². The van der Waals surface area contributed by atoms with Crippen LogP contribution in [0.5, 0.6) is 0 Å². The Kier molecular flexibility index (Phi) is 4.34. The van der Waals surface area contributed by atoms with Gasteiger partial charge in [0.05, 0.1) is 22.1 Å². The number of fused-ring (bicyclic) bond motifs is 1. The number of hydrogen-bond acceptors (Lipinski definition) is 4. The van der Waals surface area contributed by atoms with E-state index in [1.165, 1.54) is 0 Å². The maximum Gasteiger partial charge on any atom is 0.234 e. The van der Waals surface area contributed by atoms with Crippen molar-refractivity contribution in [3.63, 3.8) is 0 Å². The molecule has 120 valence electrons. The van der Waals surface area contributed by atoms with Gasteiger partial charge in [0, 0.05) is 5.69 Å². The van der Waals surface area contributed by atoms with Crippen LogP contribution in [-0.2, 0) is 16.6 Å². The van der Waals surface area contributed by atoms with Crippen molar-refractivity contribution in [3.05, 3.63) is 53.6 Å². The normalized spacial score (nSPS) is 12.4. The predicted molar refractivity (Wildman–Crippen MR) is 92.6 cm³/mol. The number of aromatic nitrogens is 2. The second kappa shape index (κ2) is 6.42. The highest BCUT2D eigenvalue weighted by Gasteiger charge is 2.18. The van der Waals surface area contributed by atoms with Crippen LogP contribution < -0.4 is 10.6 Å². The quantitative estimate of drug-likeness (QED) is 0.731. The van der Waals surface area contributed by atoms with Crippen LogP contribution in [0.4, 0.5) is 5.69 Å². The third-order valence-electron chi connectivity index (χ3n) is 3.54. The first-order chi connectivity index (χ1) is 11.1. The molecule has 0 saturated heterocycles. The average Bonchev–Trinajstić information content (AvgIpc) is 2.90. The molecule has 0 radical (unpaired) electrons. The monoisotopic (exact) mass is 329 g/mol. The van der Waals surface area contributed by atoms with Gasteiger partial charge in [-0.25, -0.2) is 4.98 Å². The van der Waals surface area contributed by atoms with E-state index < -0.39 is 10.8 Å². The number of imidazole rings is 1. The summed E-state index contributed by atoms with van der Waals surface area (Å²) in [6.07, 6.45) is 0. The summed E-state index contributed by atoms with van der Waals surface area (Å²) in [7, 11) is -1.35. The van der Waals surface area contributed by atoms with E-state index in [4.69, 9.17) is 10.6 Å². The highest BCUT2D eigenvalue weighted by Crippen LogP contribution is 2.22. The Morgan fingerprint density at radius 3 is 2.83 bits per heavy atom. The van der Waals surface area contributed by atoms with Crippen molar-refractivity contribution in [2.75, 3.05) is 12.3 Å². The van der Waals surface area contributed by atoms with E-state index in [1.807, 2.05) is 56.3 Å². The van der Waals surface area contributed by atoms with Crippen molar-refractivity contribution in [1.29, 1.82) is 0 Å². The molecule has 1 heterocycles. The van der Waals surface area contributed by atoms with Gasteiger partial charge in [-0.1, -0.05) is 29.8 Å². The van der Waals surface area contributed by atoms with E-state index >= 15 is 0 Å². The minimum absolute atomic E-state index is 0.309. The lowest BCUT2D eigenvalue weighted by Gasteiger charge is -2.10. The molecule has 1 unspecified atom stereocenters. The van der Waals surface area contributed by atoms with E-state index in [1.54, 1.807) is 4.73 Å². The van der Waals surface area contributed by atoms with Gasteiger partial charge < -0.3 is 10.6 Å². The maximum atomic E-state index is 12.8. The molecule has 0 aliphatic rings. The Balaban J connectivity index is 2.00. The SMILES string of the molecule is CCOn1c(S(=O)Cc2cc(C)ccc2N)nc2ccccc21. The summed E-state index contributed by atoms with van der Waals surface area (Å²) in [6.45, 7) is 4.35. The number of anilines is 1. The Labute approximate surface area is 137 Å². The predicted octanol–water partition coefficient (Wildman–Crippen LogP) is 2.68. The highest BCUT2D eigenvalue weighted by molar-refractivity contribution is 7.84. The maximum absolute atomic E-state index is 12.8. The van der Waals surface area contributed by atoms with Gasteiger partial charge in [-0.3, -0.25) is 4.21 Å². The van der Waals surface area contributed by atoms with Crippen molar-refractivity contribution >= 4 is 27.5 Å². The molecule has 0 bridgehead atoms. The molecular formula is C17H19N3O2S. The van der Waals surface area contributed by atoms with Crippen LogP contribution in [0.15, 0.2) is 47.6 Å². The second-order valence-electron chi connectivity index (χ2n) is 5.29. The summed E-state index contributed by atoms with van der Waals surface area (Å²) in [4.78, 5) is 10.1. The van der Waals surface area contributed by atoms with E-state index in [0.717, 1.165) is 22.2 Å². The van der Waals surface area contributed by atoms with Crippen LogP contribution in [0.2, 0.25) is 0 Å². The Morgan fingerprint density at radius 2 is 2.04 bits per heavy atom. The van der Waals surface area contributed by atoms with Crippen molar-refractivity contribution in [2.45, 2.75) is 24.8 Å². The lowest BCUT2D eigenvalue weighted by molar-refractivity contribution is 0.110. The van der Waals surface area contributed by atoms with Crippen molar-refractivity contribution in [2.24, 2.45) is 0 Å². The smallest absolute Gasteiger partial charge is 0.234 e. The summed E-state index contributed by atoms with van der Waals surface area (Å²) in [5, 5.41) is 0.411. The molecule has 1 aromatic heterocycles. The summed E-state index contributed by atoms with van der Waals surface area (Å²) in [5.41, 5.74) is 10.2. The number of hydrogen-bond donors (Lipinski definition) is 1. The molecule has 6 heteroatoms. The lowest BCUT2D eigenvalue weighted by Crippen LogP contribution is -2.16. The molecule has 0 aliphatic heterocycles. The summed E-state index contributed by atoms with van der Waals surface area (Å²) >= 11 is 0. The zero-order chi connectivity index (χ0) is 16.4. The molecule has 5 nitrogen and oxygen atoms in total. The standard InChI is InChI=1S/C17H19N3O2S/c1-3-22-20-16-7-5-4-6-15(16)19-17(20)23(21)11-13-10-12(2)8-9-14(13)18/h4-10H,3,11,18H2,1-2H3. The van der Waals surface area contributed by atoms with Crippen molar-refractivity contribution < 1.29 is 9.05 Å². The lowest BCUT2D eigenvalue weighted by atomic mass is 10.1. The number of para-hydroxylation sites is 2. The number of nitrogens with two attached hydrogens (primary N) is 1. The summed E-state index contributed by atoms with van der Waals surface area (Å²) in [6, 6.07) is 13.3. The Bertz CT molecular complexity index is 873. The molecule has 23 heavy (non-hydrogen) atoms. The van der Waals surface area contributed by atoms with Gasteiger partial charge in [0.2, 0.25) is 5.16 Å². The number of nitrogens with zero attached hydrogens (tertiary/aromatic N) is 2. The van der Waals surface area contributed by atoms with E-state index in [9.17, 15) is 4.21 Å². The Hall–Kier alpha value is -2.34. The van der Waals surface area contributed by atoms with E-state index in [2.05, 4.69) is 4.98 Å². The van der Waals surface area contributed by atoms with Crippen LogP contribution in [0, 0.1) is 6.92 Å². The van der Waals surface area contributed by atoms with Crippen LogP contribution in [0.25, 0.3) is 11.0 Å². The molecule has 1 atom stereocenters. The van der Waals surface area contributed by atoms with Crippen molar-refractivity contribution in [3.8, 4) is 0 Å². The van der Waals surface area contributed by atoms with Crippen LogP contribution in [0.1, 0.15) is 18.1 Å². The highest BCUT2D eigenvalue weighted by atomic mass is 32.2. The fourth-order valence-corrected chi connectivity index (χ4v) is 3.64. The molecule has 0 fully saturated rings. The average molecular weight is 329 g/mol. The van der Waals surface area contributed by atoms with Crippen LogP contribution >= 0.6 is 0 Å². The molecule has 2 aromatic carbocycles. The minimum atomic E-state index is -1.35. The zero-order valence-corrected chi connectivity index (χ0v) is 14.0. The molecule has 0 spiro atoms.